The zero-order valence-electron chi connectivity index (χ0n) is 12.5. The fourth-order valence-corrected chi connectivity index (χ4v) is 3.44. The maximum Gasteiger partial charge on any atom is 0.275 e. The fraction of sp³-hybridized carbons (Fsp3) is 0.235. The van der Waals surface area contributed by atoms with Gasteiger partial charge in [-0.1, -0.05) is 18.2 Å². The summed E-state index contributed by atoms with van der Waals surface area (Å²) in [5.41, 5.74) is 5.37. The van der Waals surface area contributed by atoms with E-state index in [-0.39, 0.29) is 5.91 Å². The van der Waals surface area contributed by atoms with Crippen LogP contribution in [0, 0.1) is 0 Å². The summed E-state index contributed by atoms with van der Waals surface area (Å²) < 4.78 is 0. The summed E-state index contributed by atoms with van der Waals surface area (Å²) in [4.78, 5) is 17.1. The first-order valence-electron chi connectivity index (χ1n) is 7.59. The largest absolute Gasteiger partial charge is 0.355 e. The molecule has 4 rings (SSSR count). The number of fused-ring (bicyclic) bond motifs is 2. The summed E-state index contributed by atoms with van der Waals surface area (Å²) in [6.07, 6.45) is 2.82. The quantitative estimate of drug-likeness (QED) is 0.738. The van der Waals surface area contributed by atoms with E-state index in [2.05, 4.69) is 38.8 Å². The van der Waals surface area contributed by atoms with Crippen molar-refractivity contribution in [1.29, 1.82) is 0 Å². The van der Waals surface area contributed by atoms with E-state index in [1.54, 1.807) is 6.20 Å². The lowest BCUT2D eigenvalue weighted by atomic mass is 9.95. The molecule has 6 heteroatoms. The summed E-state index contributed by atoms with van der Waals surface area (Å²) in [5, 5.41) is 8.91. The van der Waals surface area contributed by atoms with Crippen LogP contribution in [0.4, 0.5) is 5.69 Å². The van der Waals surface area contributed by atoms with E-state index in [4.69, 9.17) is 12.2 Å². The highest BCUT2D eigenvalue weighted by Crippen LogP contribution is 2.29. The van der Waals surface area contributed by atoms with Crippen LogP contribution in [-0.4, -0.2) is 22.5 Å². The number of H-pyrrole nitrogens is 1. The van der Waals surface area contributed by atoms with E-state index in [9.17, 15) is 4.79 Å². The van der Waals surface area contributed by atoms with Crippen molar-refractivity contribution in [3.05, 3.63) is 58.7 Å². The molecule has 23 heavy (non-hydrogen) atoms. The highest BCUT2D eigenvalue weighted by molar-refractivity contribution is 7.78. The summed E-state index contributed by atoms with van der Waals surface area (Å²) >= 11 is 4.98. The van der Waals surface area contributed by atoms with Crippen LogP contribution >= 0.6 is 12.2 Å². The van der Waals surface area contributed by atoms with Gasteiger partial charge in [0.15, 0.2) is 5.82 Å². The molecule has 0 spiro atoms. The van der Waals surface area contributed by atoms with Gasteiger partial charge < -0.3 is 15.2 Å². The van der Waals surface area contributed by atoms with Crippen LogP contribution in [0.2, 0.25) is 0 Å². The van der Waals surface area contributed by atoms with Gasteiger partial charge >= 0.3 is 0 Å². The fourth-order valence-electron chi connectivity index (χ4n) is 3.27. The van der Waals surface area contributed by atoms with Gasteiger partial charge in [0, 0.05) is 12.7 Å². The predicted octanol–water partition coefficient (Wildman–Crippen LogP) is 1.85. The molecular formula is C17H16N4OS. The van der Waals surface area contributed by atoms with Gasteiger partial charge in [-0.15, -0.1) is 0 Å². The van der Waals surface area contributed by atoms with Gasteiger partial charge in [-0.05, 0) is 53.0 Å². The second-order valence-corrected chi connectivity index (χ2v) is 5.91. The Morgan fingerprint density at radius 3 is 3.09 bits per heavy atom. The Kier molecular flexibility index (Phi) is 3.50. The summed E-state index contributed by atoms with van der Waals surface area (Å²) in [7, 11) is 0. The van der Waals surface area contributed by atoms with E-state index in [1.165, 1.54) is 16.7 Å². The van der Waals surface area contributed by atoms with Crippen LogP contribution in [0.1, 0.15) is 27.2 Å². The number of carbonyl (C=O) groups excluding carboxylic acids is 1. The number of aromatic nitrogens is 1. The van der Waals surface area contributed by atoms with E-state index in [0.717, 1.165) is 25.2 Å². The van der Waals surface area contributed by atoms with Gasteiger partial charge in [0.2, 0.25) is 0 Å². The Morgan fingerprint density at radius 1 is 1.30 bits per heavy atom. The number of nitrogens with zero attached hydrogens (tertiary/aromatic N) is 1. The molecule has 0 atom stereocenters. The van der Waals surface area contributed by atoms with Crippen LogP contribution in [0.3, 0.4) is 0 Å². The topological polar surface area (TPSA) is 60.2 Å². The number of carbonyl (C=O) groups is 1. The second kappa shape index (κ2) is 5.66. The zero-order chi connectivity index (χ0) is 15.8. The smallest absolute Gasteiger partial charge is 0.275 e. The number of thiocarbonyl (C=S) groups is 1. The molecule has 1 aromatic heterocycles. The lowest BCUT2D eigenvalue weighted by Gasteiger charge is -2.31. The predicted molar refractivity (Wildman–Crippen MR) is 92.4 cm³/mol. The van der Waals surface area contributed by atoms with Crippen molar-refractivity contribution >= 4 is 28.8 Å². The third-order valence-electron chi connectivity index (χ3n) is 4.41. The van der Waals surface area contributed by atoms with Crippen LogP contribution in [0.5, 0.6) is 0 Å². The van der Waals surface area contributed by atoms with Crippen LogP contribution in [0.25, 0.3) is 0 Å². The van der Waals surface area contributed by atoms with Gasteiger partial charge in [0.05, 0.1) is 12.2 Å². The first kappa shape index (κ1) is 14.2. The molecule has 0 saturated heterocycles. The minimum Gasteiger partial charge on any atom is -0.355 e. The maximum atomic E-state index is 12.1. The van der Waals surface area contributed by atoms with Crippen molar-refractivity contribution in [2.24, 2.45) is 0 Å². The molecule has 0 saturated carbocycles. The van der Waals surface area contributed by atoms with Crippen molar-refractivity contribution in [3.8, 4) is 0 Å². The number of anilines is 1. The molecule has 0 fully saturated rings. The SMILES string of the molecule is O=C1NC(=C=S)N(Cc2cccc3c2CNCC3)c2cc[nH]c21. The summed E-state index contributed by atoms with van der Waals surface area (Å²) in [6.45, 7) is 2.54. The first-order valence-corrected chi connectivity index (χ1v) is 8.00. The van der Waals surface area contributed by atoms with Gasteiger partial charge in [-0.2, -0.15) is 0 Å². The lowest BCUT2D eigenvalue weighted by molar-refractivity contribution is 0.0957. The van der Waals surface area contributed by atoms with Gasteiger partial charge in [-0.3, -0.25) is 10.1 Å². The molecule has 5 nitrogen and oxygen atoms in total. The molecule has 0 bridgehead atoms. The molecule has 2 aromatic rings. The van der Waals surface area contributed by atoms with Gasteiger partial charge in [-0.25, -0.2) is 0 Å². The Labute approximate surface area is 139 Å². The highest BCUT2D eigenvalue weighted by Gasteiger charge is 2.28. The number of benzene rings is 1. The minimum atomic E-state index is -0.176. The highest BCUT2D eigenvalue weighted by atomic mass is 32.1. The molecule has 2 aliphatic heterocycles. The standard InChI is InChI=1S/C17H16N4OS/c22-17-16-14(5-7-19-16)21(15(10-23)20-17)9-12-3-1-2-11-4-6-18-8-13(11)12/h1-3,5,7,18-19H,4,6,8-9H2,(H,20,22). The normalized spacial score (nSPS) is 16.4. The molecule has 0 radical (unpaired) electrons. The lowest BCUT2D eigenvalue weighted by Crippen LogP contribution is -2.41. The molecule has 3 N–H and O–H groups in total. The van der Waals surface area contributed by atoms with E-state index in [0.29, 0.717) is 18.1 Å². The van der Waals surface area contributed by atoms with Crippen LogP contribution in [-0.2, 0) is 19.5 Å². The van der Waals surface area contributed by atoms with Crippen LogP contribution in [0.15, 0.2) is 36.3 Å². The molecule has 1 aromatic carbocycles. The Hall–Kier alpha value is -2.40. The van der Waals surface area contributed by atoms with Gasteiger partial charge in [0.25, 0.3) is 5.91 Å². The summed E-state index contributed by atoms with van der Waals surface area (Å²) in [6, 6.07) is 8.32. The van der Waals surface area contributed by atoms with Crippen molar-refractivity contribution in [2.45, 2.75) is 19.5 Å². The third-order valence-corrected chi connectivity index (χ3v) is 4.61. The van der Waals surface area contributed by atoms with Crippen molar-refractivity contribution < 1.29 is 4.79 Å². The van der Waals surface area contributed by atoms with Gasteiger partial charge in [0.1, 0.15) is 5.69 Å². The molecule has 0 unspecified atom stereocenters. The van der Waals surface area contributed by atoms with Crippen molar-refractivity contribution in [2.75, 3.05) is 11.4 Å². The number of rotatable bonds is 2. The molecule has 116 valence electrons. The summed E-state index contributed by atoms with van der Waals surface area (Å²) in [5.74, 6) is 0.351. The molecular weight excluding hydrogens is 308 g/mol. The molecule has 1 amide bonds. The first-order chi connectivity index (χ1) is 11.3. The number of aromatic amines is 1. The molecule has 2 aliphatic rings. The van der Waals surface area contributed by atoms with E-state index in [1.807, 2.05) is 11.0 Å². The Morgan fingerprint density at radius 2 is 2.22 bits per heavy atom. The monoisotopic (exact) mass is 324 g/mol. The number of amides is 1. The average molecular weight is 324 g/mol. The Bertz CT molecular complexity index is 835. The molecule has 0 aliphatic carbocycles. The second-order valence-electron chi connectivity index (χ2n) is 5.71. The Balaban J connectivity index is 1.75. The van der Waals surface area contributed by atoms with Crippen molar-refractivity contribution in [3.63, 3.8) is 0 Å². The zero-order valence-corrected chi connectivity index (χ0v) is 13.3. The number of hydrogen-bond acceptors (Lipinski definition) is 4. The van der Waals surface area contributed by atoms with E-state index < -0.39 is 0 Å². The third kappa shape index (κ3) is 2.37. The van der Waals surface area contributed by atoms with Crippen molar-refractivity contribution in [1.82, 2.24) is 15.6 Å². The number of nitrogens with one attached hydrogen (secondary N) is 3. The molecule has 3 heterocycles. The maximum absolute atomic E-state index is 12.1. The number of hydrogen-bond donors (Lipinski definition) is 3. The average Bonchev–Trinajstić information content (AvgIpc) is 3.08. The van der Waals surface area contributed by atoms with Crippen LogP contribution < -0.4 is 15.5 Å². The minimum absolute atomic E-state index is 0.176. The van der Waals surface area contributed by atoms with E-state index >= 15 is 0 Å².